The van der Waals surface area contributed by atoms with Gasteiger partial charge in [0.2, 0.25) is 0 Å². The van der Waals surface area contributed by atoms with Crippen molar-refractivity contribution in [3.8, 4) is 0 Å². The van der Waals surface area contributed by atoms with Crippen LogP contribution in [0.1, 0.15) is 19.8 Å². The number of aromatic nitrogens is 1. The summed E-state index contributed by atoms with van der Waals surface area (Å²) < 4.78 is 6.42. The number of thioether (sulfide) groups is 1. The van der Waals surface area contributed by atoms with Gasteiger partial charge in [0.1, 0.15) is 4.34 Å². The zero-order chi connectivity index (χ0) is 15.6. The van der Waals surface area contributed by atoms with Crippen LogP contribution in [0.15, 0.2) is 20.9 Å². The molecule has 2 rings (SSSR count). The molecule has 0 bridgehead atoms. The van der Waals surface area contributed by atoms with Gasteiger partial charge < -0.3 is 15.0 Å². The Morgan fingerprint density at radius 2 is 2.48 bits per heavy atom. The molecule has 0 saturated carbocycles. The lowest BCUT2D eigenvalue weighted by molar-refractivity contribution is 0.157. The minimum Gasteiger partial charge on any atom is -0.384 e. The van der Waals surface area contributed by atoms with Gasteiger partial charge in [-0.05, 0) is 19.8 Å². The normalized spacial score (nSPS) is 18.1. The van der Waals surface area contributed by atoms with Gasteiger partial charge in [0.05, 0.1) is 6.61 Å². The number of rotatable bonds is 8. The molecular weight excluding hydrogens is 443 g/mol. The lowest BCUT2D eigenvalue weighted by Gasteiger charge is -2.21. The highest BCUT2D eigenvalue weighted by Gasteiger charge is 2.24. The summed E-state index contributed by atoms with van der Waals surface area (Å²) in [4.78, 5) is 11.4. The molecule has 1 aliphatic rings. The summed E-state index contributed by atoms with van der Waals surface area (Å²) in [5, 5.41) is 5.43. The number of hydrogen-bond acceptors (Lipinski definition) is 5. The van der Waals surface area contributed by atoms with Gasteiger partial charge in [0, 0.05) is 56.5 Å². The number of ether oxygens (including phenoxy) is 1. The van der Waals surface area contributed by atoms with Crippen LogP contribution in [0.3, 0.4) is 0 Å². The molecular formula is C15H27IN4OS2. The molecule has 132 valence electrons. The van der Waals surface area contributed by atoms with Crippen LogP contribution in [0.4, 0.5) is 0 Å². The minimum absolute atomic E-state index is 0. The highest BCUT2D eigenvalue weighted by molar-refractivity contribution is 14.0. The molecule has 1 atom stereocenters. The largest absolute Gasteiger partial charge is 0.384 e. The van der Waals surface area contributed by atoms with Crippen LogP contribution in [0.2, 0.25) is 0 Å². The zero-order valence-electron chi connectivity index (χ0n) is 13.9. The molecule has 1 aliphatic heterocycles. The van der Waals surface area contributed by atoms with E-state index >= 15 is 0 Å². The molecule has 23 heavy (non-hydrogen) atoms. The van der Waals surface area contributed by atoms with Crippen molar-refractivity contribution in [1.82, 2.24) is 15.2 Å². The van der Waals surface area contributed by atoms with E-state index in [0.717, 1.165) is 55.3 Å². The zero-order valence-corrected chi connectivity index (χ0v) is 17.8. The van der Waals surface area contributed by atoms with E-state index in [9.17, 15) is 0 Å². The summed E-state index contributed by atoms with van der Waals surface area (Å²) in [5.41, 5.74) is 0. The van der Waals surface area contributed by atoms with Gasteiger partial charge in [0.25, 0.3) is 0 Å². The number of nitrogens with zero attached hydrogens (tertiary/aromatic N) is 3. The Bertz CT molecular complexity index is 445. The maximum Gasteiger partial charge on any atom is 0.193 e. The first-order chi connectivity index (χ1) is 10.8. The van der Waals surface area contributed by atoms with E-state index in [1.54, 1.807) is 18.4 Å². The molecule has 1 saturated heterocycles. The van der Waals surface area contributed by atoms with Crippen LogP contribution in [-0.2, 0) is 4.74 Å². The van der Waals surface area contributed by atoms with E-state index in [1.807, 2.05) is 23.3 Å². The molecule has 1 fully saturated rings. The van der Waals surface area contributed by atoms with Crippen molar-refractivity contribution in [2.75, 3.05) is 45.6 Å². The van der Waals surface area contributed by atoms with Crippen LogP contribution in [0, 0.1) is 5.92 Å². The molecule has 1 N–H and O–H groups in total. The van der Waals surface area contributed by atoms with Crippen LogP contribution < -0.4 is 5.32 Å². The van der Waals surface area contributed by atoms with Crippen molar-refractivity contribution < 1.29 is 4.74 Å². The third kappa shape index (κ3) is 7.57. The van der Waals surface area contributed by atoms with Gasteiger partial charge in [-0.25, -0.2) is 4.98 Å². The Hall–Kier alpha value is -0.0600. The molecule has 5 nitrogen and oxygen atoms in total. The number of hydrogen-bond donors (Lipinski definition) is 1. The number of likely N-dealkylation sites (tertiary alicyclic amines) is 1. The summed E-state index contributed by atoms with van der Waals surface area (Å²) in [6.07, 6.45) is 4.13. The van der Waals surface area contributed by atoms with Crippen LogP contribution >= 0.6 is 47.1 Å². The smallest absolute Gasteiger partial charge is 0.193 e. The third-order valence-corrected chi connectivity index (χ3v) is 5.57. The van der Waals surface area contributed by atoms with Crippen molar-refractivity contribution in [3.05, 3.63) is 11.6 Å². The number of guanidine groups is 1. The topological polar surface area (TPSA) is 49.8 Å². The van der Waals surface area contributed by atoms with Crippen molar-refractivity contribution in [2.45, 2.75) is 24.1 Å². The molecule has 1 aromatic heterocycles. The highest BCUT2D eigenvalue weighted by Crippen LogP contribution is 2.20. The van der Waals surface area contributed by atoms with Crippen LogP contribution in [0.25, 0.3) is 0 Å². The molecule has 0 radical (unpaired) electrons. The second-order valence-electron chi connectivity index (χ2n) is 5.29. The summed E-state index contributed by atoms with van der Waals surface area (Å²) in [6.45, 7) is 6.88. The number of aliphatic imine (C=N–C) groups is 1. The first-order valence-electron chi connectivity index (χ1n) is 7.88. The molecule has 8 heteroatoms. The second kappa shape index (κ2) is 12.3. The highest BCUT2D eigenvalue weighted by atomic mass is 127. The monoisotopic (exact) mass is 470 g/mol. The average molecular weight is 470 g/mol. The summed E-state index contributed by atoms with van der Waals surface area (Å²) >= 11 is 3.52. The van der Waals surface area contributed by atoms with Crippen molar-refractivity contribution in [3.63, 3.8) is 0 Å². The van der Waals surface area contributed by atoms with E-state index in [1.165, 1.54) is 6.42 Å². The van der Waals surface area contributed by atoms with Gasteiger partial charge in [-0.3, -0.25) is 4.99 Å². The fourth-order valence-corrected chi connectivity index (χ4v) is 4.15. The van der Waals surface area contributed by atoms with Crippen LogP contribution in [-0.4, -0.2) is 61.5 Å². The molecule has 0 aliphatic carbocycles. The quantitative estimate of drug-likeness (QED) is 0.208. The summed E-state index contributed by atoms with van der Waals surface area (Å²) in [5.74, 6) is 2.76. The first kappa shape index (κ1) is 21.0. The molecule has 1 unspecified atom stereocenters. The maximum atomic E-state index is 5.27. The first-order valence-corrected chi connectivity index (χ1v) is 9.74. The van der Waals surface area contributed by atoms with E-state index < -0.39 is 0 Å². The Balaban J connectivity index is 0.00000264. The molecule has 2 heterocycles. The van der Waals surface area contributed by atoms with Gasteiger partial charge >= 0.3 is 0 Å². The van der Waals surface area contributed by atoms with E-state index in [4.69, 9.17) is 9.73 Å². The van der Waals surface area contributed by atoms with Gasteiger partial charge in [-0.1, -0.05) is 11.8 Å². The van der Waals surface area contributed by atoms with Crippen molar-refractivity contribution in [2.24, 2.45) is 10.9 Å². The fraction of sp³-hybridized carbons (Fsp3) is 0.733. The molecule has 0 amide bonds. The third-order valence-electron chi connectivity index (χ3n) is 3.52. The van der Waals surface area contributed by atoms with Gasteiger partial charge in [0.15, 0.2) is 5.96 Å². The van der Waals surface area contributed by atoms with E-state index in [-0.39, 0.29) is 24.0 Å². The molecule has 0 spiro atoms. The minimum atomic E-state index is 0. The standard InChI is InChI=1S/C15H26N4OS2.HI/c1-3-16-14(19-8-5-13(11-19)12-20-2)17-6-4-9-21-15-18-7-10-22-15;/h7,10,13H,3-6,8-9,11-12H2,1-2H3,(H,16,17);1H. The number of halogens is 1. The molecule has 0 aromatic carbocycles. The Labute approximate surface area is 164 Å². The molecule has 1 aromatic rings. The van der Waals surface area contributed by atoms with Crippen molar-refractivity contribution >= 4 is 53.0 Å². The van der Waals surface area contributed by atoms with E-state index in [2.05, 4.69) is 22.1 Å². The lowest BCUT2D eigenvalue weighted by Crippen LogP contribution is -2.40. The van der Waals surface area contributed by atoms with Crippen molar-refractivity contribution in [1.29, 1.82) is 0 Å². The Morgan fingerprint density at radius 1 is 1.61 bits per heavy atom. The summed E-state index contributed by atoms with van der Waals surface area (Å²) in [6, 6.07) is 0. The van der Waals surface area contributed by atoms with E-state index in [0.29, 0.717) is 5.92 Å². The SMILES string of the molecule is CCNC(=NCCCSc1nccs1)N1CCC(COC)C1.I. The maximum absolute atomic E-state index is 5.27. The predicted molar refractivity (Wildman–Crippen MR) is 110 cm³/mol. The number of methoxy groups -OCH3 is 1. The predicted octanol–water partition coefficient (Wildman–Crippen LogP) is 3.18. The number of nitrogens with one attached hydrogen (secondary N) is 1. The lowest BCUT2D eigenvalue weighted by atomic mass is 10.1. The number of thiazole rings is 1. The fourth-order valence-electron chi connectivity index (χ4n) is 2.51. The van der Waals surface area contributed by atoms with Crippen LogP contribution in [0.5, 0.6) is 0 Å². The average Bonchev–Trinajstić information content (AvgIpc) is 3.18. The Kier molecular flexibility index (Phi) is 11.2. The Morgan fingerprint density at radius 3 is 3.17 bits per heavy atom. The summed E-state index contributed by atoms with van der Waals surface area (Å²) in [7, 11) is 1.78. The van der Waals surface area contributed by atoms with Gasteiger partial charge in [-0.15, -0.1) is 35.3 Å². The second-order valence-corrected chi connectivity index (χ2v) is 7.53. The van der Waals surface area contributed by atoms with Gasteiger partial charge in [-0.2, -0.15) is 0 Å².